The average Bonchev–Trinajstić information content (AvgIpc) is 2.77. The van der Waals surface area contributed by atoms with E-state index in [9.17, 15) is 14.9 Å². The van der Waals surface area contributed by atoms with Crippen LogP contribution in [0.25, 0.3) is 0 Å². The number of hydrogen-bond donors (Lipinski definition) is 1. The number of carbonyl (C=O) groups excluding carboxylic acids is 1. The lowest BCUT2D eigenvalue weighted by Crippen LogP contribution is -2.52. The second-order valence-electron chi connectivity index (χ2n) is 7.67. The number of halogens is 1. The van der Waals surface area contributed by atoms with Gasteiger partial charge in [-0.05, 0) is 37.7 Å². The third-order valence-electron chi connectivity index (χ3n) is 5.33. The number of nitro benzene ring substituents is 1. The Morgan fingerprint density at radius 2 is 1.87 bits per heavy atom. The highest BCUT2D eigenvalue weighted by atomic mass is 35.5. The Morgan fingerprint density at radius 1 is 1.16 bits per heavy atom. The van der Waals surface area contributed by atoms with Crippen molar-refractivity contribution in [1.82, 2.24) is 15.1 Å². The van der Waals surface area contributed by atoms with E-state index in [0.717, 1.165) is 19.5 Å². The van der Waals surface area contributed by atoms with E-state index < -0.39 is 4.92 Å². The lowest BCUT2D eigenvalue weighted by atomic mass is 10.2. The first kappa shape index (κ1) is 22.8. The third-order valence-corrected chi connectivity index (χ3v) is 5.56. The van der Waals surface area contributed by atoms with Crippen LogP contribution in [0.15, 0.2) is 48.5 Å². The zero-order chi connectivity index (χ0) is 22.2. The van der Waals surface area contributed by atoms with Crippen LogP contribution in [0.2, 0.25) is 5.02 Å². The van der Waals surface area contributed by atoms with Gasteiger partial charge in [-0.1, -0.05) is 41.9 Å². The van der Waals surface area contributed by atoms with Gasteiger partial charge in [-0.15, -0.1) is 0 Å². The molecule has 1 aliphatic heterocycles. The number of carbonyl (C=O) groups is 1. The molecule has 9 heteroatoms. The minimum Gasteiger partial charge on any atom is -0.362 e. The molecule has 1 fully saturated rings. The van der Waals surface area contributed by atoms with Gasteiger partial charge in [-0.25, -0.2) is 4.79 Å². The number of nitro groups is 1. The third kappa shape index (κ3) is 6.57. The number of hydrogen-bond acceptors (Lipinski definition) is 5. The van der Waals surface area contributed by atoms with Crippen LogP contribution in [0, 0.1) is 10.1 Å². The summed E-state index contributed by atoms with van der Waals surface area (Å²) in [7, 11) is 2.07. The Bertz CT molecular complexity index is 888. The highest BCUT2D eigenvalue weighted by Gasteiger charge is 2.25. The number of nitrogens with zero attached hydrogens (tertiary/aromatic N) is 4. The van der Waals surface area contributed by atoms with Gasteiger partial charge in [0.05, 0.1) is 4.92 Å². The number of amides is 2. The monoisotopic (exact) mass is 445 g/mol. The van der Waals surface area contributed by atoms with Crippen molar-refractivity contribution in [2.45, 2.75) is 13.0 Å². The second-order valence-corrected chi connectivity index (χ2v) is 8.11. The van der Waals surface area contributed by atoms with Gasteiger partial charge < -0.3 is 20.0 Å². The fourth-order valence-corrected chi connectivity index (χ4v) is 3.86. The van der Waals surface area contributed by atoms with E-state index in [1.54, 1.807) is 17.0 Å². The van der Waals surface area contributed by atoms with Crippen molar-refractivity contribution in [2.75, 3.05) is 51.2 Å². The molecule has 1 aliphatic rings. The van der Waals surface area contributed by atoms with Crippen molar-refractivity contribution in [2.24, 2.45) is 0 Å². The molecule has 0 aliphatic carbocycles. The topological polar surface area (TPSA) is 82.0 Å². The summed E-state index contributed by atoms with van der Waals surface area (Å²) >= 11 is 5.90. The molecule has 0 aromatic heterocycles. The summed E-state index contributed by atoms with van der Waals surface area (Å²) in [6.07, 6.45) is 0.867. The highest BCUT2D eigenvalue weighted by molar-refractivity contribution is 6.30. The average molecular weight is 446 g/mol. The Morgan fingerprint density at radius 3 is 2.55 bits per heavy atom. The fraction of sp³-hybridized carbons (Fsp3) is 0.409. The molecular formula is C22H28ClN5O3. The minimum absolute atomic E-state index is 0.00924. The van der Waals surface area contributed by atoms with Gasteiger partial charge in [0.25, 0.3) is 5.69 Å². The predicted molar refractivity (Wildman–Crippen MR) is 123 cm³/mol. The molecule has 0 spiro atoms. The van der Waals surface area contributed by atoms with Crippen molar-refractivity contribution < 1.29 is 9.72 Å². The van der Waals surface area contributed by atoms with Crippen molar-refractivity contribution >= 4 is 29.0 Å². The molecule has 31 heavy (non-hydrogen) atoms. The van der Waals surface area contributed by atoms with Crippen LogP contribution in [0.5, 0.6) is 0 Å². The molecule has 0 radical (unpaired) electrons. The molecule has 1 saturated heterocycles. The summed E-state index contributed by atoms with van der Waals surface area (Å²) in [5, 5.41) is 14.6. The zero-order valence-electron chi connectivity index (χ0n) is 17.7. The minimum atomic E-state index is -0.422. The fourth-order valence-electron chi connectivity index (χ4n) is 3.69. The van der Waals surface area contributed by atoms with Gasteiger partial charge >= 0.3 is 6.03 Å². The van der Waals surface area contributed by atoms with E-state index in [-0.39, 0.29) is 11.7 Å². The first-order valence-electron chi connectivity index (χ1n) is 10.4. The quantitative estimate of drug-likeness (QED) is 0.381. The zero-order valence-corrected chi connectivity index (χ0v) is 18.4. The largest absolute Gasteiger partial charge is 0.362 e. The molecule has 1 heterocycles. The van der Waals surface area contributed by atoms with Crippen LogP contribution in [-0.2, 0) is 6.54 Å². The normalized spacial score (nSPS) is 14.0. The smallest absolute Gasteiger partial charge is 0.317 e. The highest BCUT2D eigenvalue weighted by Crippen LogP contribution is 2.31. The van der Waals surface area contributed by atoms with Gasteiger partial charge in [-0.2, -0.15) is 0 Å². The molecule has 1 N–H and O–H groups in total. The summed E-state index contributed by atoms with van der Waals surface area (Å²) in [5.41, 5.74) is 1.80. The molecule has 2 aromatic carbocycles. The number of anilines is 1. The van der Waals surface area contributed by atoms with E-state index >= 15 is 0 Å². The Balaban J connectivity index is 1.39. The number of nitrogens with one attached hydrogen (secondary N) is 1. The van der Waals surface area contributed by atoms with E-state index in [0.29, 0.717) is 43.4 Å². The number of piperazine rings is 1. The van der Waals surface area contributed by atoms with Crippen molar-refractivity contribution in [1.29, 1.82) is 0 Å². The molecule has 3 rings (SSSR count). The van der Waals surface area contributed by atoms with Crippen LogP contribution in [-0.4, -0.2) is 67.1 Å². The van der Waals surface area contributed by atoms with Gasteiger partial charge in [0.15, 0.2) is 0 Å². The summed E-state index contributed by atoms with van der Waals surface area (Å²) in [6.45, 7) is 4.49. The van der Waals surface area contributed by atoms with Crippen LogP contribution in [0.3, 0.4) is 0 Å². The van der Waals surface area contributed by atoms with Gasteiger partial charge in [0.1, 0.15) is 5.69 Å². The SMILES string of the molecule is CN(CCCNC(=O)N1CCN(c2ccc(Cl)cc2[N+](=O)[O-])CC1)Cc1ccccc1. The number of urea groups is 1. The van der Waals surface area contributed by atoms with E-state index in [1.165, 1.54) is 11.6 Å². The summed E-state index contributed by atoms with van der Waals surface area (Å²) in [5.74, 6) is 0. The van der Waals surface area contributed by atoms with Gasteiger partial charge in [0.2, 0.25) is 0 Å². The maximum absolute atomic E-state index is 12.5. The molecule has 0 bridgehead atoms. The molecule has 8 nitrogen and oxygen atoms in total. The molecular weight excluding hydrogens is 418 g/mol. The van der Waals surface area contributed by atoms with Crippen LogP contribution >= 0.6 is 11.6 Å². The van der Waals surface area contributed by atoms with Gasteiger partial charge in [0, 0.05) is 50.4 Å². The lowest BCUT2D eigenvalue weighted by molar-refractivity contribution is -0.384. The maximum Gasteiger partial charge on any atom is 0.317 e. The molecule has 2 amide bonds. The van der Waals surface area contributed by atoms with Crippen LogP contribution in [0.1, 0.15) is 12.0 Å². The number of benzene rings is 2. The van der Waals surface area contributed by atoms with E-state index in [1.807, 2.05) is 23.1 Å². The maximum atomic E-state index is 12.5. The van der Waals surface area contributed by atoms with Crippen LogP contribution < -0.4 is 10.2 Å². The molecule has 0 atom stereocenters. The standard InChI is InChI=1S/C22H28ClN5O3/c1-25(17-18-6-3-2-4-7-18)11-5-10-24-22(29)27-14-12-26(13-15-27)20-9-8-19(23)16-21(20)28(30)31/h2-4,6-9,16H,5,10-15,17H2,1H3,(H,24,29). The molecule has 2 aromatic rings. The van der Waals surface area contributed by atoms with Gasteiger partial charge in [-0.3, -0.25) is 10.1 Å². The summed E-state index contributed by atoms with van der Waals surface area (Å²) < 4.78 is 0. The van der Waals surface area contributed by atoms with Crippen LogP contribution in [0.4, 0.5) is 16.2 Å². The predicted octanol–water partition coefficient (Wildman–Crippen LogP) is 3.60. The van der Waals surface area contributed by atoms with E-state index in [4.69, 9.17) is 11.6 Å². The van der Waals surface area contributed by atoms with Crippen molar-refractivity contribution in [3.8, 4) is 0 Å². The Kier molecular flexibility index (Phi) is 8.08. The second kappa shape index (κ2) is 11.0. The Hall–Kier alpha value is -2.84. The Labute approximate surface area is 187 Å². The summed E-state index contributed by atoms with van der Waals surface area (Å²) in [6, 6.07) is 14.9. The van der Waals surface area contributed by atoms with Crippen molar-refractivity contribution in [3.05, 3.63) is 69.2 Å². The van der Waals surface area contributed by atoms with Crippen molar-refractivity contribution in [3.63, 3.8) is 0 Å². The molecule has 166 valence electrons. The van der Waals surface area contributed by atoms with E-state index in [2.05, 4.69) is 29.4 Å². The number of rotatable bonds is 8. The first-order valence-corrected chi connectivity index (χ1v) is 10.8. The summed E-state index contributed by atoms with van der Waals surface area (Å²) in [4.78, 5) is 29.3. The first-order chi connectivity index (χ1) is 14.9. The molecule has 0 saturated carbocycles. The lowest BCUT2D eigenvalue weighted by Gasteiger charge is -2.35. The molecule has 0 unspecified atom stereocenters.